The van der Waals surface area contributed by atoms with Gasteiger partial charge in [-0.1, -0.05) is 4.49 Å². The van der Waals surface area contributed by atoms with Gasteiger partial charge >= 0.3 is 5.97 Å². The monoisotopic (exact) mass is 452 g/mol. The van der Waals surface area contributed by atoms with Crippen molar-refractivity contribution in [2.24, 2.45) is 0 Å². The average molecular weight is 452 g/mol. The van der Waals surface area contributed by atoms with Crippen molar-refractivity contribution >= 4 is 47.4 Å². The normalized spacial score (nSPS) is 22.2. The fourth-order valence-electron chi connectivity index (χ4n) is 3.50. The number of hydrogen-bond donors (Lipinski definition) is 3. The maximum absolute atomic E-state index is 13.2. The Hall–Kier alpha value is -3.42. The smallest absolute Gasteiger partial charge is 0.305 e. The van der Waals surface area contributed by atoms with Crippen molar-refractivity contribution in [2.45, 2.75) is 50.2 Å². The molecule has 0 unspecified atom stereocenters. The highest BCUT2D eigenvalue weighted by atomic mass is 32.1. The summed E-state index contributed by atoms with van der Waals surface area (Å²) in [6.07, 6.45) is 1.61. The van der Waals surface area contributed by atoms with Gasteiger partial charge in [-0.05, 0) is 30.8 Å². The second-order valence-corrected chi connectivity index (χ2v) is 7.84. The molecule has 1 aromatic rings. The molecule has 3 atom stereocenters. The number of hydrazine groups is 1. The lowest BCUT2D eigenvalue weighted by Crippen LogP contribution is -2.64. The molecule has 0 saturated carbocycles. The zero-order chi connectivity index (χ0) is 22.5. The van der Waals surface area contributed by atoms with Crippen LogP contribution in [0.4, 0.5) is 0 Å². The maximum Gasteiger partial charge on any atom is 0.305 e. The van der Waals surface area contributed by atoms with Gasteiger partial charge in [-0.25, -0.2) is 5.01 Å². The number of hydrogen-bond acceptors (Lipinski definition) is 9. The zero-order valence-corrected chi connectivity index (χ0v) is 17.0. The molecule has 14 heteroatoms. The Kier molecular flexibility index (Phi) is 6.89. The van der Waals surface area contributed by atoms with Gasteiger partial charge in [-0.3, -0.25) is 29.0 Å². The first-order chi connectivity index (χ1) is 14.8. The van der Waals surface area contributed by atoms with Crippen molar-refractivity contribution in [2.75, 3.05) is 6.54 Å². The van der Waals surface area contributed by atoms with Crippen molar-refractivity contribution in [1.82, 2.24) is 30.2 Å². The van der Waals surface area contributed by atoms with E-state index < -0.39 is 48.2 Å². The largest absolute Gasteiger partial charge is 0.481 e. The van der Waals surface area contributed by atoms with E-state index in [1.807, 2.05) is 0 Å². The molecular weight excluding hydrogens is 432 g/mol. The third-order valence-electron chi connectivity index (χ3n) is 4.94. The molecule has 0 aromatic carbocycles. The molecule has 3 N–H and O–H groups in total. The van der Waals surface area contributed by atoms with Crippen LogP contribution in [-0.2, 0) is 24.0 Å². The number of carbonyl (C=O) groups is 6. The van der Waals surface area contributed by atoms with E-state index in [2.05, 4.69) is 20.2 Å². The van der Waals surface area contributed by atoms with Crippen LogP contribution in [0.15, 0.2) is 6.20 Å². The van der Waals surface area contributed by atoms with Crippen molar-refractivity contribution in [3.8, 4) is 0 Å². The number of carboxylic acid groups (broad SMARTS) is 1. The lowest BCUT2D eigenvalue weighted by molar-refractivity contribution is -0.176. The first kappa shape index (κ1) is 22.3. The Morgan fingerprint density at radius 3 is 2.74 bits per heavy atom. The van der Waals surface area contributed by atoms with Crippen molar-refractivity contribution in [3.05, 3.63) is 11.1 Å². The summed E-state index contributed by atoms with van der Waals surface area (Å²) in [5.41, 5.74) is 0. The predicted molar refractivity (Wildman–Crippen MR) is 102 cm³/mol. The molecule has 0 bridgehead atoms. The van der Waals surface area contributed by atoms with Crippen LogP contribution in [0.25, 0.3) is 0 Å². The number of aromatic nitrogens is 2. The third-order valence-corrected chi connectivity index (χ3v) is 5.60. The summed E-state index contributed by atoms with van der Waals surface area (Å²) in [6.45, 7) is 0.222. The van der Waals surface area contributed by atoms with E-state index >= 15 is 0 Å². The van der Waals surface area contributed by atoms with Crippen LogP contribution < -0.4 is 10.6 Å². The van der Waals surface area contributed by atoms with Gasteiger partial charge in [-0.2, -0.15) is 0 Å². The van der Waals surface area contributed by atoms with E-state index in [4.69, 9.17) is 5.11 Å². The number of aliphatic carboxylic acids is 1. The minimum Gasteiger partial charge on any atom is -0.481 e. The molecule has 1 aromatic heterocycles. The molecule has 2 aliphatic heterocycles. The first-order valence-corrected chi connectivity index (χ1v) is 10.3. The zero-order valence-electron chi connectivity index (χ0n) is 16.2. The highest BCUT2D eigenvalue weighted by Gasteiger charge is 2.45. The van der Waals surface area contributed by atoms with Crippen LogP contribution in [-0.4, -0.2) is 85.3 Å². The lowest BCUT2D eigenvalue weighted by Gasteiger charge is -2.43. The molecule has 0 spiro atoms. The second-order valence-electron chi connectivity index (χ2n) is 7.05. The molecule has 3 heterocycles. The van der Waals surface area contributed by atoms with Crippen LogP contribution in [0.3, 0.4) is 0 Å². The van der Waals surface area contributed by atoms with Gasteiger partial charge in [0.15, 0.2) is 0 Å². The maximum atomic E-state index is 13.2. The number of amides is 4. The number of aldehydes is 1. The number of nitrogens with one attached hydrogen (secondary N) is 2. The Labute approximate surface area is 179 Å². The van der Waals surface area contributed by atoms with Crippen LogP contribution in [0.5, 0.6) is 0 Å². The fraction of sp³-hybridized carbons (Fsp3) is 0.529. The SMILES string of the molecule is O=C[C@H](CC(=O)O)NC(=O)[C@@H]1CCCN2C(=O)CC[C@H](NC(=O)c3cnns3)C(=O)N12. The highest BCUT2D eigenvalue weighted by molar-refractivity contribution is 7.07. The third kappa shape index (κ3) is 5.02. The average Bonchev–Trinajstić information content (AvgIpc) is 3.25. The Morgan fingerprint density at radius 1 is 1.32 bits per heavy atom. The summed E-state index contributed by atoms with van der Waals surface area (Å²) in [6, 6.07) is -3.45. The number of carbonyl (C=O) groups excluding carboxylic acids is 5. The van der Waals surface area contributed by atoms with Crippen molar-refractivity contribution in [1.29, 1.82) is 0 Å². The second kappa shape index (κ2) is 9.59. The highest BCUT2D eigenvalue weighted by Crippen LogP contribution is 2.25. The quantitative estimate of drug-likeness (QED) is 0.407. The predicted octanol–water partition coefficient (Wildman–Crippen LogP) is -1.68. The van der Waals surface area contributed by atoms with E-state index in [1.165, 1.54) is 11.2 Å². The van der Waals surface area contributed by atoms with Crippen molar-refractivity contribution < 1.29 is 33.9 Å². The number of rotatable bonds is 7. The summed E-state index contributed by atoms with van der Waals surface area (Å²) in [4.78, 5) is 73.1. The molecule has 166 valence electrons. The first-order valence-electron chi connectivity index (χ1n) is 9.51. The van der Waals surface area contributed by atoms with E-state index in [0.29, 0.717) is 12.7 Å². The summed E-state index contributed by atoms with van der Waals surface area (Å²) in [7, 11) is 0. The summed E-state index contributed by atoms with van der Waals surface area (Å²) < 4.78 is 3.59. The van der Waals surface area contributed by atoms with Crippen LogP contribution in [0.1, 0.15) is 41.8 Å². The standard InChI is InChI=1S/C17H20N6O7S/c24-8-9(6-14(26)27)19-15(28)11-2-1-5-22-13(25)4-3-10(17(30)23(11)22)20-16(29)12-7-18-21-31-12/h7-11H,1-6H2,(H,19,28)(H,20,29)(H,26,27)/t9-,10-,11-/m0/s1. The molecule has 2 fully saturated rings. The van der Waals surface area contributed by atoms with Gasteiger partial charge in [0.25, 0.3) is 11.8 Å². The fourth-order valence-corrected chi connectivity index (χ4v) is 3.92. The molecule has 3 rings (SSSR count). The molecule has 2 aliphatic rings. The van der Waals surface area contributed by atoms with E-state index in [0.717, 1.165) is 16.5 Å². The number of fused-ring (bicyclic) bond motifs is 1. The summed E-state index contributed by atoms with van der Waals surface area (Å²) in [5, 5.41) is 19.5. The Morgan fingerprint density at radius 2 is 2.10 bits per heavy atom. The van der Waals surface area contributed by atoms with Crippen LogP contribution in [0, 0.1) is 0 Å². The van der Waals surface area contributed by atoms with Crippen LogP contribution >= 0.6 is 11.5 Å². The molecule has 13 nitrogen and oxygen atoms in total. The van der Waals surface area contributed by atoms with E-state index in [1.54, 1.807) is 0 Å². The molecule has 4 amide bonds. The Bertz CT molecular complexity index is 892. The molecular formula is C17H20N6O7S. The Balaban J connectivity index is 1.80. The van der Waals surface area contributed by atoms with Crippen LogP contribution in [0.2, 0.25) is 0 Å². The molecule has 0 aliphatic carbocycles. The van der Waals surface area contributed by atoms with Gasteiger partial charge in [0.05, 0.1) is 18.7 Å². The van der Waals surface area contributed by atoms with Gasteiger partial charge in [0.2, 0.25) is 11.8 Å². The van der Waals surface area contributed by atoms with E-state index in [9.17, 15) is 28.8 Å². The van der Waals surface area contributed by atoms with Gasteiger partial charge in [-0.15, -0.1) is 5.10 Å². The summed E-state index contributed by atoms with van der Waals surface area (Å²) >= 11 is 0.848. The molecule has 31 heavy (non-hydrogen) atoms. The minimum atomic E-state index is -1.27. The summed E-state index contributed by atoms with van der Waals surface area (Å²) in [5.74, 6) is -3.61. The van der Waals surface area contributed by atoms with Gasteiger partial charge < -0.3 is 20.5 Å². The lowest BCUT2D eigenvalue weighted by atomic mass is 10.0. The van der Waals surface area contributed by atoms with E-state index in [-0.39, 0.29) is 36.6 Å². The van der Waals surface area contributed by atoms with Crippen molar-refractivity contribution in [3.63, 3.8) is 0 Å². The molecule has 0 radical (unpaired) electrons. The molecule has 2 saturated heterocycles. The minimum absolute atomic E-state index is 0.0154. The van der Waals surface area contributed by atoms with Gasteiger partial charge in [0.1, 0.15) is 23.2 Å². The number of carboxylic acids is 1. The number of nitrogens with zero attached hydrogens (tertiary/aromatic N) is 4. The topological polar surface area (TPSA) is 179 Å². The van der Waals surface area contributed by atoms with Gasteiger partial charge in [0, 0.05) is 13.0 Å².